The second-order valence-electron chi connectivity index (χ2n) is 8.22. The van der Waals surface area contributed by atoms with Crippen LogP contribution >= 0.6 is 0 Å². The molecule has 0 aliphatic heterocycles. The summed E-state index contributed by atoms with van der Waals surface area (Å²) in [5.74, 6) is -6.36. The molecule has 0 heterocycles. The van der Waals surface area contributed by atoms with Crippen LogP contribution in [0.1, 0.15) is 30.9 Å². The molecule has 9 heteroatoms. The Hall–Kier alpha value is -3.20. The first-order valence-electron chi connectivity index (χ1n) is 10.9. The SMILES string of the molecule is COc1cccc(CCc2ccccc2O[C@@H](CC(C)OC(=O)CC(F)(F)C(=O)O)N(C)C)c1. The number of alkyl halides is 2. The minimum absolute atomic E-state index is 0.196. The maximum absolute atomic E-state index is 13.3. The van der Waals surface area contributed by atoms with Gasteiger partial charge in [-0.05, 0) is 63.2 Å². The van der Waals surface area contributed by atoms with E-state index in [-0.39, 0.29) is 6.42 Å². The summed E-state index contributed by atoms with van der Waals surface area (Å²) in [4.78, 5) is 24.1. The van der Waals surface area contributed by atoms with E-state index in [1.165, 1.54) is 0 Å². The molecule has 0 fully saturated rings. The minimum atomic E-state index is -4.17. The number of aliphatic carboxylic acids is 1. The number of hydrogen-bond donors (Lipinski definition) is 1. The highest BCUT2D eigenvalue weighted by atomic mass is 19.3. The number of carbonyl (C=O) groups is 2. The average molecular weight is 480 g/mol. The molecule has 0 saturated carbocycles. The Balaban J connectivity index is 2.02. The number of esters is 1. The van der Waals surface area contributed by atoms with Crippen LogP contribution in [0.15, 0.2) is 48.5 Å². The summed E-state index contributed by atoms with van der Waals surface area (Å²) in [5.41, 5.74) is 2.11. The van der Waals surface area contributed by atoms with Gasteiger partial charge < -0.3 is 19.3 Å². The molecule has 0 aliphatic carbocycles. The van der Waals surface area contributed by atoms with Crippen molar-refractivity contribution in [2.75, 3.05) is 21.2 Å². The van der Waals surface area contributed by atoms with E-state index in [2.05, 4.69) is 0 Å². The van der Waals surface area contributed by atoms with Gasteiger partial charge in [0.1, 0.15) is 24.0 Å². The fourth-order valence-corrected chi connectivity index (χ4v) is 3.30. The van der Waals surface area contributed by atoms with Crippen molar-refractivity contribution in [2.45, 2.75) is 50.9 Å². The third-order valence-electron chi connectivity index (χ3n) is 5.17. The van der Waals surface area contributed by atoms with Crippen molar-refractivity contribution >= 4 is 11.9 Å². The van der Waals surface area contributed by atoms with Crippen LogP contribution in [0.25, 0.3) is 0 Å². The Morgan fingerprint density at radius 1 is 1.09 bits per heavy atom. The van der Waals surface area contributed by atoms with E-state index in [0.717, 1.165) is 29.7 Å². The highest BCUT2D eigenvalue weighted by Crippen LogP contribution is 2.25. The molecule has 2 rings (SSSR count). The van der Waals surface area contributed by atoms with Crippen LogP contribution in [0.4, 0.5) is 8.78 Å². The van der Waals surface area contributed by atoms with Gasteiger partial charge in [0.2, 0.25) is 0 Å². The molecule has 0 saturated heterocycles. The van der Waals surface area contributed by atoms with Crippen LogP contribution < -0.4 is 9.47 Å². The molecule has 0 spiro atoms. The molecular formula is C25H31F2NO6. The molecule has 0 aliphatic rings. The van der Waals surface area contributed by atoms with Crippen LogP contribution in [-0.4, -0.2) is 61.4 Å². The normalized spacial score (nSPS) is 13.3. The minimum Gasteiger partial charge on any atom is -0.497 e. The lowest BCUT2D eigenvalue weighted by atomic mass is 10.0. The fraction of sp³-hybridized carbons (Fsp3) is 0.440. The fourth-order valence-electron chi connectivity index (χ4n) is 3.30. The number of benzene rings is 2. The third kappa shape index (κ3) is 8.30. The molecule has 2 aromatic rings. The number of nitrogens with zero attached hydrogens (tertiary/aromatic N) is 1. The summed E-state index contributed by atoms with van der Waals surface area (Å²) < 4.78 is 43.0. The van der Waals surface area contributed by atoms with Crippen LogP contribution in [0, 0.1) is 0 Å². The maximum Gasteiger partial charge on any atom is 0.375 e. The summed E-state index contributed by atoms with van der Waals surface area (Å²) in [5, 5.41) is 8.48. The van der Waals surface area contributed by atoms with E-state index in [9.17, 15) is 18.4 Å². The van der Waals surface area contributed by atoms with Crippen LogP contribution in [-0.2, 0) is 27.2 Å². The topological polar surface area (TPSA) is 85.3 Å². The molecule has 2 atom stereocenters. The van der Waals surface area contributed by atoms with Crippen molar-refractivity contribution in [3.8, 4) is 11.5 Å². The molecule has 2 aromatic carbocycles. The zero-order chi connectivity index (χ0) is 25.3. The Kier molecular flexibility index (Phi) is 9.80. The van der Waals surface area contributed by atoms with Gasteiger partial charge >= 0.3 is 17.9 Å². The smallest absolute Gasteiger partial charge is 0.375 e. The third-order valence-corrected chi connectivity index (χ3v) is 5.17. The van der Waals surface area contributed by atoms with E-state index in [4.69, 9.17) is 19.3 Å². The largest absolute Gasteiger partial charge is 0.497 e. The van der Waals surface area contributed by atoms with Crippen LogP contribution in [0.2, 0.25) is 0 Å². The van der Waals surface area contributed by atoms with Gasteiger partial charge in [-0.15, -0.1) is 0 Å². The first-order chi connectivity index (χ1) is 16.0. The van der Waals surface area contributed by atoms with Crippen LogP contribution in [0.5, 0.6) is 11.5 Å². The van der Waals surface area contributed by atoms with Crippen molar-refractivity contribution < 1.29 is 37.7 Å². The number of rotatable bonds is 13. The lowest BCUT2D eigenvalue weighted by molar-refractivity contribution is -0.175. The standard InChI is InChI=1S/C25H31F2NO6/c1-17(33-23(29)16-25(26,27)24(30)31)14-22(28(2)3)34-21-11-6-5-9-19(21)13-12-18-8-7-10-20(15-18)32-4/h5-11,15,17,22H,12-14,16H2,1-4H3,(H,30,31)/t17?,22-/m0/s1. The molecule has 0 radical (unpaired) electrons. The number of carbonyl (C=O) groups excluding carboxylic acids is 1. The van der Waals surface area contributed by atoms with Crippen molar-refractivity contribution in [2.24, 2.45) is 0 Å². The van der Waals surface area contributed by atoms with Gasteiger partial charge in [-0.2, -0.15) is 8.78 Å². The quantitative estimate of drug-likeness (QED) is 0.341. The van der Waals surface area contributed by atoms with Gasteiger partial charge in [0.05, 0.1) is 7.11 Å². The van der Waals surface area contributed by atoms with Gasteiger partial charge in [0.15, 0.2) is 6.23 Å². The highest BCUT2D eigenvalue weighted by Gasteiger charge is 2.42. The number of ether oxygens (including phenoxy) is 3. The lowest BCUT2D eigenvalue weighted by Crippen LogP contribution is -2.38. The van der Waals surface area contributed by atoms with Crippen molar-refractivity contribution in [1.82, 2.24) is 4.90 Å². The Morgan fingerprint density at radius 3 is 2.44 bits per heavy atom. The Bertz CT molecular complexity index is 966. The van der Waals surface area contributed by atoms with E-state index in [1.807, 2.05) is 48.5 Å². The molecule has 7 nitrogen and oxygen atoms in total. The second-order valence-corrected chi connectivity index (χ2v) is 8.22. The second kappa shape index (κ2) is 12.3. The number of hydrogen-bond acceptors (Lipinski definition) is 6. The molecular weight excluding hydrogens is 448 g/mol. The average Bonchev–Trinajstić information content (AvgIpc) is 2.77. The van der Waals surface area contributed by atoms with Gasteiger partial charge in [0, 0.05) is 6.42 Å². The predicted octanol–water partition coefficient (Wildman–Crippen LogP) is 4.18. The predicted molar refractivity (Wildman–Crippen MR) is 122 cm³/mol. The van der Waals surface area contributed by atoms with Gasteiger partial charge in [-0.25, -0.2) is 4.79 Å². The van der Waals surface area contributed by atoms with Crippen molar-refractivity contribution in [3.63, 3.8) is 0 Å². The van der Waals surface area contributed by atoms with Crippen molar-refractivity contribution in [3.05, 3.63) is 59.7 Å². The Morgan fingerprint density at radius 2 is 1.79 bits per heavy atom. The number of methoxy groups -OCH3 is 1. The highest BCUT2D eigenvalue weighted by molar-refractivity contribution is 5.82. The molecule has 34 heavy (non-hydrogen) atoms. The monoisotopic (exact) mass is 479 g/mol. The molecule has 0 bridgehead atoms. The zero-order valence-corrected chi connectivity index (χ0v) is 19.8. The van der Waals surface area contributed by atoms with E-state index in [0.29, 0.717) is 5.75 Å². The van der Waals surface area contributed by atoms with Gasteiger partial charge in [-0.3, -0.25) is 9.69 Å². The molecule has 186 valence electrons. The molecule has 1 N–H and O–H groups in total. The first kappa shape index (κ1) is 27.0. The van der Waals surface area contributed by atoms with Crippen molar-refractivity contribution in [1.29, 1.82) is 0 Å². The first-order valence-corrected chi connectivity index (χ1v) is 10.9. The van der Waals surface area contributed by atoms with E-state index < -0.39 is 36.6 Å². The summed E-state index contributed by atoms with van der Waals surface area (Å²) in [6, 6.07) is 15.4. The van der Waals surface area contributed by atoms with E-state index >= 15 is 0 Å². The number of carboxylic acid groups (broad SMARTS) is 1. The summed E-state index contributed by atoms with van der Waals surface area (Å²) in [7, 11) is 5.20. The number of aryl methyl sites for hydroxylation is 2. The van der Waals surface area contributed by atoms with Gasteiger partial charge in [-0.1, -0.05) is 30.3 Å². The molecule has 0 amide bonds. The number of carboxylic acids is 1. The van der Waals surface area contributed by atoms with Crippen LogP contribution in [0.3, 0.4) is 0 Å². The maximum atomic E-state index is 13.3. The molecule has 1 unspecified atom stereocenters. The zero-order valence-electron chi connectivity index (χ0n) is 19.8. The summed E-state index contributed by atoms with van der Waals surface area (Å²) in [6.07, 6.45) is -1.11. The molecule has 0 aromatic heterocycles. The Labute approximate surface area is 198 Å². The summed E-state index contributed by atoms with van der Waals surface area (Å²) >= 11 is 0. The number of para-hydroxylation sites is 1. The van der Waals surface area contributed by atoms with Gasteiger partial charge in [0.25, 0.3) is 0 Å². The lowest BCUT2D eigenvalue weighted by Gasteiger charge is -2.28. The summed E-state index contributed by atoms with van der Waals surface area (Å²) in [6.45, 7) is 1.55. The van der Waals surface area contributed by atoms with E-state index in [1.54, 1.807) is 33.0 Å². The number of halogens is 2.